The van der Waals surface area contributed by atoms with E-state index in [2.05, 4.69) is 10.1 Å². The van der Waals surface area contributed by atoms with Gasteiger partial charge in [-0.1, -0.05) is 19.0 Å². The molecule has 0 amide bonds. The molecular weight excluding hydrogens is 206 g/mol. The second-order valence-electron chi connectivity index (χ2n) is 4.67. The third-order valence-electron chi connectivity index (χ3n) is 2.99. The summed E-state index contributed by atoms with van der Waals surface area (Å²) in [5.41, 5.74) is 5.95. The molecule has 1 aromatic rings. The van der Waals surface area contributed by atoms with Crippen LogP contribution in [-0.4, -0.2) is 23.4 Å². The van der Waals surface area contributed by atoms with Crippen LogP contribution in [0.3, 0.4) is 0 Å². The Morgan fingerprint density at radius 2 is 2.25 bits per heavy atom. The second-order valence-corrected chi connectivity index (χ2v) is 4.67. The molecule has 1 unspecified atom stereocenters. The first-order valence-corrected chi connectivity index (χ1v) is 5.85. The molecule has 2 N–H and O–H groups in total. The topological polar surface area (TPSA) is 74.2 Å². The summed E-state index contributed by atoms with van der Waals surface area (Å²) in [6.45, 7) is 5.61. The monoisotopic (exact) mass is 225 g/mol. The van der Waals surface area contributed by atoms with E-state index in [4.69, 9.17) is 15.0 Å². The third kappa shape index (κ3) is 2.41. The molecule has 0 bridgehead atoms. The lowest BCUT2D eigenvalue weighted by molar-refractivity contribution is 0.0773. The number of nitrogens with zero attached hydrogens (tertiary/aromatic N) is 2. The van der Waals surface area contributed by atoms with Gasteiger partial charge in [0.05, 0.1) is 12.6 Å². The van der Waals surface area contributed by atoms with E-state index >= 15 is 0 Å². The van der Waals surface area contributed by atoms with Crippen LogP contribution in [0.2, 0.25) is 0 Å². The number of rotatable bonds is 3. The van der Waals surface area contributed by atoms with E-state index in [0.29, 0.717) is 18.4 Å². The molecule has 5 heteroatoms. The largest absolute Gasteiger partial charge is 0.381 e. The van der Waals surface area contributed by atoms with Gasteiger partial charge >= 0.3 is 0 Å². The van der Waals surface area contributed by atoms with Crippen molar-refractivity contribution in [1.82, 2.24) is 10.1 Å². The van der Waals surface area contributed by atoms with Crippen molar-refractivity contribution in [3.8, 4) is 0 Å². The Kier molecular flexibility index (Phi) is 3.56. The highest BCUT2D eigenvalue weighted by molar-refractivity contribution is 4.99. The Morgan fingerprint density at radius 1 is 1.44 bits per heavy atom. The third-order valence-corrected chi connectivity index (χ3v) is 2.99. The van der Waals surface area contributed by atoms with Gasteiger partial charge in [0, 0.05) is 12.5 Å². The summed E-state index contributed by atoms with van der Waals surface area (Å²) < 4.78 is 10.6. The number of hydrogen-bond donors (Lipinski definition) is 1. The summed E-state index contributed by atoms with van der Waals surface area (Å²) in [5, 5.41) is 4.00. The minimum atomic E-state index is -0.175. The van der Waals surface area contributed by atoms with Crippen LogP contribution >= 0.6 is 0 Å². The first kappa shape index (κ1) is 11.5. The molecule has 1 aliphatic rings. The molecule has 0 radical (unpaired) electrons. The highest BCUT2D eigenvalue weighted by Crippen LogP contribution is 2.25. The molecular formula is C11H19N3O2. The quantitative estimate of drug-likeness (QED) is 0.846. The lowest BCUT2D eigenvalue weighted by Gasteiger charge is -2.18. The van der Waals surface area contributed by atoms with Gasteiger partial charge in [0.2, 0.25) is 5.89 Å². The SMILES string of the molecule is CC(C)[C@H](N)c1nc(C2CCCOC2)no1. The molecule has 0 spiro atoms. The molecule has 2 heterocycles. The van der Waals surface area contributed by atoms with Crippen molar-refractivity contribution in [3.05, 3.63) is 11.7 Å². The van der Waals surface area contributed by atoms with E-state index in [-0.39, 0.29) is 12.0 Å². The van der Waals surface area contributed by atoms with Crippen LogP contribution in [0.25, 0.3) is 0 Å². The van der Waals surface area contributed by atoms with Crippen molar-refractivity contribution in [1.29, 1.82) is 0 Å². The molecule has 0 saturated carbocycles. The van der Waals surface area contributed by atoms with E-state index < -0.39 is 0 Å². The zero-order valence-corrected chi connectivity index (χ0v) is 9.85. The van der Waals surface area contributed by atoms with E-state index in [1.165, 1.54) is 0 Å². The number of nitrogens with two attached hydrogens (primary N) is 1. The minimum absolute atomic E-state index is 0.175. The number of aromatic nitrogens is 2. The van der Waals surface area contributed by atoms with Crippen molar-refractivity contribution in [3.63, 3.8) is 0 Å². The summed E-state index contributed by atoms with van der Waals surface area (Å²) in [4.78, 5) is 4.37. The fourth-order valence-electron chi connectivity index (χ4n) is 1.78. The predicted octanol–water partition coefficient (Wildman–Crippen LogP) is 1.62. The van der Waals surface area contributed by atoms with Crippen LogP contribution in [-0.2, 0) is 4.74 Å². The van der Waals surface area contributed by atoms with Gasteiger partial charge in [0.1, 0.15) is 0 Å². The van der Waals surface area contributed by atoms with Crippen LogP contribution in [0.1, 0.15) is 50.4 Å². The number of ether oxygens (including phenoxy) is 1. The Bertz CT molecular complexity index is 332. The molecule has 0 aromatic carbocycles. The van der Waals surface area contributed by atoms with E-state index in [9.17, 15) is 0 Å². The zero-order valence-electron chi connectivity index (χ0n) is 9.85. The van der Waals surface area contributed by atoms with Crippen molar-refractivity contribution >= 4 is 0 Å². The first-order chi connectivity index (χ1) is 7.68. The maximum atomic E-state index is 5.95. The average Bonchev–Trinajstić information content (AvgIpc) is 2.78. The smallest absolute Gasteiger partial charge is 0.243 e. The standard InChI is InChI=1S/C11H19N3O2/c1-7(2)9(12)11-13-10(14-16-11)8-4-3-5-15-6-8/h7-9H,3-6,12H2,1-2H3/t8?,9-/m0/s1. The zero-order chi connectivity index (χ0) is 11.5. The van der Waals surface area contributed by atoms with Gasteiger partial charge in [-0.15, -0.1) is 0 Å². The highest BCUT2D eigenvalue weighted by Gasteiger charge is 2.24. The molecule has 2 atom stereocenters. The van der Waals surface area contributed by atoms with Gasteiger partial charge in [-0.2, -0.15) is 4.98 Å². The molecule has 90 valence electrons. The maximum absolute atomic E-state index is 5.95. The van der Waals surface area contributed by atoms with Gasteiger partial charge in [0.25, 0.3) is 0 Å². The maximum Gasteiger partial charge on any atom is 0.243 e. The lowest BCUT2D eigenvalue weighted by atomic mass is 10.0. The number of hydrogen-bond acceptors (Lipinski definition) is 5. The molecule has 1 saturated heterocycles. The molecule has 1 aliphatic heterocycles. The molecule has 1 fully saturated rings. The first-order valence-electron chi connectivity index (χ1n) is 5.85. The lowest BCUT2D eigenvalue weighted by Crippen LogP contribution is -2.18. The van der Waals surface area contributed by atoms with Gasteiger partial charge in [-0.3, -0.25) is 0 Å². The Balaban J connectivity index is 2.06. The second kappa shape index (κ2) is 4.93. The molecule has 0 aliphatic carbocycles. The fraction of sp³-hybridized carbons (Fsp3) is 0.818. The summed E-state index contributed by atoms with van der Waals surface area (Å²) in [5.74, 6) is 1.85. The summed E-state index contributed by atoms with van der Waals surface area (Å²) in [6.07, 6.45) is 2.13. The Labute approximate surface area is 95.3 Å². The van der Waals surface area contributed by atoms with Crippen molar-refractivity contribution in [2.45, 2.75) is 38.6 Å². The molecule has 5 nitrogen and oxygen atoms in total. The van der Waals surface area contributed by atoms with Crippen molar-refractivity contribution < 1.29 is 9.26 Å². The van der Waals surface area contributed by atoms with Crippen molar-refractivity contribution in [2.75, 3.05) is 13.2 Å². The normalized spacial score (nSPS) is 23.6. The van der Waals surface area contributed by atoms with E-state index in [1.807, 2.05) is 13.8 Å². The van der Waals surface area contributed by atoms with Crippen LogP contribution < -0.4 is 5.73 Å². The van der Waals surface area contributed by atoms with E-state index in [0.717, 1.165) is 25.3 Å². The minimum Gasteiger partial charge on any atom is -0.381 e. The van der Waals surface area contributed by atoms with Gasteiger partial charge in [-0.05, 0) is 18.8 Å². The van der Waals surface area contributed by atoms with Crippen LogP contribution in [0, 0.1) is 5.92 Å². The average molecular weight is 225 g/mol. The summed E-state index contributed by atoms with van der Waals surface area (Å²) in [6, 6.07) is -0.175. The molecule has 2 rings (SSSR count). The molecule has 1 aromatic heterocycles. The van der Waals surface area contributed by atoms with E-state index in [1.54, 1.807) is 0 Å². The summed E-state index contributed by atoms with van der Waals surface area (Å²) >= 11 is 0. The Hall–Kier alpha value is -0.940. The molecule has 16 heavy (non-hydrogen) atoms. The van der Waals surface area contributed by atoms with Gasteiger partial charge in [0.15, 0.2) is 5.82 Å². The summed E-state index contributed by atoms with van der Waals surface area (Å²) in [7, 11) is 0. The van der Waals surface area contributed by atoms with Gasteiger partial charge < -0.3 is 15.0 Å². The Morgan fingerprint density at radius 3 is 2.88 bits per heavy atom. The van der Waals surface area contributed by atoms with Crippen LogP contribution in [0.15, 0.2) is 4.52 Å². The fourth-order valence-corrected chi connectivity index (χ4v) is 1.78. The van der Waals surface area contributed by atoms with Crippen LogP contribution in [0.4, 0.5) is 0 Å². The van der Waals surface area contributed by atoms with Crippen LogP contribution in [0.5, 0.6) is 0 Å². The highest BCUT2D eigenvalue weighted by atomic mass is 16.5. The van der Waals surface area contributed by atoms with Gasteiger partial charge in [-0.25, -0.2) is 0 Å². The van der Waals surface area contributed by atoms with Crippen molar-refractivity contribution in [2.24, 2.45) is 11.7 Å². The predicted molar refractivity (Wildman–Crippen MR) is 58.9 cm³/mol.